The van der Waals surface area contributed by atoms with E-state index in [4.69, 9.17) is 9.84 Å². The molecule has 186 valence electrons. The van der Waals surface area contributed by atoms with Crippen LogP contribution >= 0.6 is 0 Å². The summed E-state index contributed by atoms with van der Waals surface area (Å²) < 4.78 is 5.14. The molecule has 1 saturated heterocycles. The predicted octanol–water partition coefficient (Wildman–Crippen LogP) is 4.54. The van der Waals surface area contributed by atoms with Gasteiger partial charge in [-0.3, -0.25) is 14.4 Å². The number of aliphatic hydroxyl groups excluding tert-OH is 1. The minimum atomic E-state index is -0.896. The van der Waals surface area contributed by atoms with Gasteiger partial charge in [-0.2, -0.15) is 0 Å². The number of likely N-dealkylation sites (tertiary alicyclic amines) is 1. The van der Waals surface area contributed by atoms with Gasteiger partial charge < -0.3 is 19.8 Å². The maximum atomic E-state index is 12.9. The van der Waals surface area contributed by atoms with Gasteiger partial charge in [0.2, 0.25) is 5.91 Å². The maximum Gasteiger partial charge on any atom is 0.303 e. The van der Waals surface area contributed by atoms with Crippen molar-refractivity contribution in [3.8, 4) is 5.75 Å². The number of carbonyl (C=O) groups is 3. The van der Waals surface area contributed by atoms with Crippen molar-refractivity contribution in [2.75, 3.05) is 13.7 Å². The quantitative estimate of drug-likeness (QED) is 0.248. The fraction of sp³-hybridized carbons (Fsp3) is 0.393. The van der Waals surface area contributed by atoms with Crippen LogP contribution in [-0.4, -0.2) is 52.5 Å². The lowest BCUT2D eigenvalue weighted by molar-refractivity contribution is -0.137. The molecule has 3 rings (SSSR count). The van der Waals surface area contributed by atoms with Gasteiger partial charge in [0.1, 0.15) is 5.75 Å². The lowest BCUT2D eigenvalue weighted by Crippen LogP contribution is -2.32. The lowest BCUT2D eigenvalue weighted by Gasteiger charge is -2.22. The highest BCUT2D eigenvalue weighted by molar-refractivity contribution is 6.09. The first-order valence-electron chi connectivity index (χ1n) is 12.1. The van der Waals surface area contributed by atoms with Gasteiger partial charge in [-0.05, 0) is 55.2 Å². The van der Waals surface area contributed by atoms with E-state index in [1.807, 2.05) is 11.0 Å². The largest absolute Gasteiger partial charge is 0.497 e. The summed E-state index contributed by atoms with van der Waals surface area (Å²) in [6, 6.07) is 13.8. The van der Waals surface area contributed by atoms with Crippen molar-refractivity contribution >= 4 is 17.7 Å². The number of nitrogens with zero attached hydrogens (tertiary/aromatic N) is 1. The number of carboxylic acid groups (broad SMARTS) is 1. The Bertz CT molecular complexity index is 1050. The molecule has 1 unspecified atom stereocenters. The number of aliphatic hydroxyl groups is 1. The number of carbonyl (C=O) groups excluding carboxylic acids is 2. The summed E-state index contributed by atoms with van der Waals surface area (Å²) in [7, 11) is 1.57. The Morgan fingerprint density at radius 2 is 1.83 bits per heavy atom. The molecule has 1 aliphatic heterocycles. The van der Waals surface area contributed by atoms with Crippen molar-refractivity contribution in [2.24, 2.45) is 0 Å². The number of benzene rings is 2. The predicted molar refractivity (Wildman–Crippen MR) is 132 cm³/mol. The standard InChI is InChI=1S/C28H33NO6/c1-35-24-14-10-20(11-15-24)28(34)22-8-6-7-21(19-22)25(30)16-12-23-13-17-26(31)29(23)18-5-3-2-4-9-27(32)33/h6-8,10-12,14-16,19,23,25,30H,2-5,9,13,17-18H2,1H3,(H,32,33)/t23?,25-/m1/s1. The van der Waals surface area contributed by atoms with Crippen LogP contribution in [0, 0.1) is 0 Å². The number of unbranched alkanes of at least 4 members (excludes halogenated alkanes) is 3. The van der Waals surface area contributed by atoms with Crippen molar-refractivity contribution < 1.29 is 29.3 Å². The van der Waals surface area contributed by atoms with Crippen molar-refractivity contribution in [1.82, 2.24) is 4.90 Å². The number of carboxylic acids is 1. The second-order valence-electron chi connectivity index (χ2n) is 8.76. The molecule has 0 bridgehead atoms. The number of hydrogen-bond donors (Lipinski definition) is 2. The van der Waals surface area contributed by atoms with Crippen LogP contribution < -0.4 is 4.74 Å². The molecule has 7 nitrogen and oxygen atoms in total. The first-order valence-corrected chi connectivity index (χ1v) is 12.1. The molecule has 0 radical (unpaired) electrons. The van der Waals surface area contributed by atoms with Crippen LogP contribution in [0.25, 0.3) is 0 Å². The molecule has 2 atom stereocenters. The third-order valence-corrected chi connectivity index (χ3v) is 6.27. The smallest absolute Gasteiger partial charge is 0.303 e. The zero-order valence-corrected chi connectivity index (χ0v) is 20.1. The molecule has 0 aromatic heterocycles. The molecule has 0 saturated carbocycles. The number of methoxy groups -OCH3 is 1. The summed E-state index contributed by atoms with van der Waals surface area (Å²) in [4.78, 5) is 37.6. The third kappa shape index (κ3) is 7.52. The molecule has 0 spiro atoms. The number of aliphatic carboxylic acids is 1. The Balaban J connectivity index is 1.58. The second kappa shape index (κ2) is 12.9. The Kier molecular flexibility index (Phi) is 9.61. The molecule has 1 aliphatic rings. The van der Waals surface area contributed by atoms with Gasteiger partial charge in [-0.15, -0.1) is 0 Å². The molecule has 2 aromatic rings. The van der Waals surface area contributed by atoms with Gasteiger partial charge >= 0.3 is 5.97 Å². The monoisotopic (exact) mass is 479 g/mol. The first kappa shape index (κ1) is 26.2. The van der Waals surface area contributed by atoms with E-state index in [2.05, 4.69) is 0 Å². The van der Waals surface area contributed by atoms with Crippen LogP contribution in [0.1, 0.15) is 72.5 Å². The van der Waals surface area contributed by atoms with E-state index < -0.39 is 12.1 Å². The molecule has 0 aliphatic carbocycles. The highest BCUT2D eigenvalue weighted by Gasteiger charge is 2.28. The van der Waals surface area contributed by atoms with E-state index in [1.165, 1.54) is 0 Å². The minimum absolute atomic E-state index is 0.0692. The zero-order chi connectivity index (χ0) is 25.2. The van der Waals surface area contributed by atoms with Gasteiger partial charge in [0, 0.05) is 30.5 Å². The third-order valence-electron chi connectivity index (χ3n) is 6.27. The van der Waals surface area contributed by atoms with Crippen LogP contribution in [-0.2, 0) is 9.59 Å². The molecule has 2 aromatic carbocycles. The summed E-state index contributed by atoms with van der Waals surface area (Å²) in [5.74, 6) is -0.138. The zero-order valence-electron chi connectivity index (χ0n) is 20.1. The van der Waals surface area contributed by atoms with E-state index in [1.54, 1.807) is 61.7 Å². The Labute approximate surface area is 206 Å². The molecule has 35 heavy (non-hydrogen) atoms. The van der Waals surface area contributed by atoms with E-state index >= 15 is 0 Å². The van der Waals surface area contributed by atoms with E-state index in [-0.39, 0.29) is 24.2 Å². The summed E-state index contributed by atoms with van der Waals surface area (Å²) >= 11 is 0. The average molecular weight is 480 g/mol. The van der Waals surface area contributed by atoms with Gasteiger partial charge in [0.15, 0.2) is 5.78 Å². The number of amides is 1. The topological polar surface area (TPSA) is 104 Å². The van der Waals surface area contributed by atoms with Crippen molar-refractivity contribution in [3.05, 3.63) is 77.4 Å². The summed E-state index contributed by atoms with van der Waals surface area (Å²) in [5.41, 5.74) is 1.63. The van der Waals surface area contributed by atoms with Gasteiger partial charge in [0.05, 0.1) is 19.3 Å². The summed E-state index contributed by atoms with van der Waals surface area (Å²) in [6.45, 7) is 0.628. The lowest BCUT2D eigenvalue weighted by atomic mass is 9.99. The van der Waals surface area contributed by atoms with Crippen LogP contribution in [0.3, 0.4) is 0 Å². The van der Waals surface area contributed by atoms with Crippen molar-refractivity contribution in [2.45, 2.75) is 57.1 Å². The highest BCUT2D eigenvalue weighted by Crippen LogP contribution is 2.24. The van der Waals surface area contributed by atoms with Gasteiger partial charge in [-0.1, -0.05) is 43.2 Å². The van der Waals surface area contributed by atoms with Gasteiger partial charge in [-0.25, -0.2) is 0 Å². The highest BCUT2D eigenvalue weighted by atomic mass is 16.5. The molecule has 2 N–H and O–H groups in total. The van der Waals surface area contributed by atoms with E-state index in [9.17, 15) is 19.5 Å². The van der Waals surface area contributed by atoms with Crippen LogP contribution in [0.15, 0.2) is 60.7 Å². The van der Waals surface area contributed by atoms with Crippen LogP contribution in [0.2, 0.25) is 0 Å². The van der Waals surface area contributed by atoms with Crippen molar-refractivity contribution in [1.29, 1.82) is 0 Å². The maximum absolute atomic E-state index is 12.9. The van der Waals surface area contributed by atoms with E-state index in [0.29, 0.717) is 48.2 Å². The fourth-order valence-corrected chi connectivity index (χ4v) is 4.28. The summed E-state index contributed by atoms with van der Waals surface area (Å²) in [5, 5.41) is 19.4. The summed E-state index contributed by atoms with van der Waals surface area (Å²) in [6.07, 6.45) is 7.22. The fourth-order valence-electron chi connectivity index (χ4n) is 4.28. The molecule has 1 fully saturated rings. The van der Waals surface area contributed by atoms with Crippen molar-refractivity contribution in [3.63, 3.8) is 0 Å². The Morgan fingerprint density at radius 1 is 1.09 bits per heavy atom. The molecule has 1 amide bonds. The van der Waals surface area contributed by atoms with E-state index in [0.717, 1.165) is 19.3 Å². The minimum Gasteiger partial charge on any atom is -0.497 e. The number of rotatable bonds is 13. The molecular weight excluding hydrogens is 446 g/mol. The first-order chi connectivity index (χ1) is 16.9. The average Bonchev–Trinajstić information content (AvgIpc) is 3.23. The SMILES string of the molecule is COc1ccc(C(=O)c2cccc([C@H](O)C=CC3CCC(=O)N3CCCCCCC(=O)O)c2)cc1. The number of hydrogen-bond acceptors (Lipinski definition) is 5. The van der Waals surface area contributed by atoms with Gasteiger partial charge in [0.25, 0.3) is 0 Å². The normalized spacial score (nSPS) is 16.6. The molecule has 7 heteroatoms. The number of ketones is 1. The molecular formula is C28H33NO6. The number of ether oxygens (including phenoxy) is 1. The second-order valence-corrected chi connectivity index (χ2v) is 8.76. The Morgan fingerprint density at radius 3 is 2.54 bits per heavy atom. The van der Waals surface area contributed by atoms with Crippen LogP contribution in [0.5, 0.6) is 5.75 Å². The Hall–Kier alpha value is -3.45. The molecule has 1 heterocycles. The van der Waals surface area contributed by atoms with Crippen LogP contribution in [0.4, 0.5) is 0 Å².